The van der Waals surface area contributed by atoms with Crippen LogP contribution in [0.5, 0.6) is 0 Å². The molecule has 1 aliphatic heterocycles. The van der Waals surface area contributed by atoms with E-state index in [0.29, 0.717) is 0 Å². The molecule has 1 aromatic rings. The fourth-order valence-corrected chi connectivity index (χ4v) is 3.38. The van der Waals surface area contributed by atoms with Crippen LogP contribution < -0.4 is 11.1 Å². The van der Waals surface area contributed by atoms with Gasteiger partial charge in [0.2, 0.25) is 21.8 Å². The fraction of sp³-hybridized carbons (Fsp3) is 0.200. The molecule has 0 spiro atoms. The van der Waals surface area contributed by atoms with Gasteiger partial charge in [-0.25, -0.2) is 8.42 Å². The van der Waals surface area contributed by atoms with Crippen molar-refractivity contribution < 1.29 is 18.0 Å². The zero-order chi connectivity index (χ0) is 14.2. The summed E-state index contributed by atoms with van der Waals surface area (Å²) in [5.74, 6) is -1.36. The largest absolute Gasteiger partial charge is 0.398 e. The molecule has 1 saturated heterocycles. The molecule has 0 aromatic heterocycles. The van der Waals surface area contributed by atoms with Gasteiger partial charge in [0, 0.05) is 5.02 Å². The summed E-state index contributed by atoms with van der Waals surface area (Å²) in [6.45, 7) is -0.861. The summed E-state index contributed by atoms with van der Waals surface area (Å²) in [5, 5.41) is 2.21. The lowest BCUT2D eigenvalue weighted by Gasteiger charge is -2.25. The minimum Gasteiger partial charge on any atom is -0.398 e. The lowest BCUT2D eigenvalue weighted by Crippen LogP contribution is -2.53. The highest BCUT2D eigenvalue weighted by Gasteiger charge is 2.34. The summed E-state index contributed by atoms with van der Waals surface area (Å²) in [6.07, 6.45) is 0. The lowest BCUT2D eigenvalue weighted by molar-refractivity contribution is -0.134. The first-order valence-electron chi connectivity index (χ1n) is 5.18. The molecule has 0 saturated carbocycles. The highest BCUT2D eigenvalue weighted by molar-refractivity contribution is 7.89. The molecular formula is C10H10ClN3O4S. The fourth-order valence-electron chi connectivity index (χ4n) is 1.65. The monoisotopic (exact) mass is 303 g/mol. The van der Waals surface area contributed by atoms with Crippen molar-refractivity contribution >= 4 is 39.1 Å². The summed E-state index contributed by atoms with van der Waals surface area (Å²) in [7, 11) is -4.04. The van der Waals surface area contributed by atoms with Gasteiger partial charge in [0.25, 0.3) is 0 Å². The molecule has 0 unspecified atom stereocenters. The topological polar surface area (TPSA) is 110 Å². The van der Waals surface area contributed by atoms with Crippen molar-refractivity contribution in [3.05, 3.63) is 23.2 Å². The third-order valence-electron chi connectivity index (χ3n) is 2.51. The molecule has 1 aliphatic rings. The van der Waals surface area contributed by atoms with Crippen molar-refractivity contribution in [2.24, 2.45) is 0 Å². The maximum Gasteiger partial charge on any atom is 0.246 e. The van der Waals surface area contributed by atoms with Gasteiger partial charge in [-0.2, -0.15) is 4.31 Å². The van der Waals surface area contributed by atoms with Crippen molar-refractivity contribution in [1.29, 1.82) is 0 Å². The minimum atomic E-state index is -4.04. The van der Waals surface area contributed by atoms with Crippen LogP contribution in [-0.2, 0) is 19.6 Å². The Morgan fingerprint density at radius 2 is 1.79 bits per heavy atom. The molecule has 0 bridgehead atoms. The number of nitrogen functional groups attached to an aromatic ring is 1. The smallest absolute Gasteiger partial charge is 0.246 e. The zero-order valence-electron chi connectivity index (χ0n) is 9.59. The predicted octanol–water partition coefficient (Wildman–Crippen LogP) is -0.431. The number of nitrogens with zero attached hydrogens (tertiary/aromatic N) is 1. The van der Waals surface area contributed by atoms with Gasteiger partial charge >= 0.3 is 0 Å². The number of halogens is 1. The summed E-state index contributed by atoms with van der Waals surface area (Å²) in [4.78, 5) is 22.2. The van der Waals surface area contributed by atoms with Crippen LogP contribution in [0, 0.1) is 0 Å². The van der Waals surface area contributed by atoms with E-state index in [4.69, 9.17) is 17.3 Å². The summed E-state index contributed by atoms with van der Waals surface area (Å²) < 4.78 is 25.4. The number of hydrogen-bond donors (Lipinski definition) is 2. The van der Waals surface area contributed by atoms with E-state index >= 15 is 0 Å². The quantitative estimate of drug-likeness (QED) is 0.569. The molecule has 19 heavy (non-hydrogen) atoms. The second-order valence-corrected chi connectivity index (χ2v) is 6.27. The Bertz CT molecular complexity index is 643. The molecule has 102 valence electrons. The number of benzene rings is 1. The number of amides is 2. The van der Waals surface area contributed by atoms with Crippen LogP contribution in [-0.4, -0.2) is 37.6 Å². The van der Waals surface area contributed by atoms with E-state index in [0.717, 1.165) is 4.31 Å². The Kier molecular flexibility index (Phi) is 3.48. The average molecular weight is 304 g/mol. The SMILES string of the molecule is Nc1ccc(Cl)cc1S(=O)(=O)N1CC(=O)NC(=O)C1. The van der Waals surface area contributed by atoms with E-state index < -0.39 is 34.9 Å². The maximum atomic E-state index is 12.3. The van der Waals surface area contributed by atoms with Crippen LogP contribution in [0.1, 0.15) is 0 Å². The minimum absolute atomic E-state index is 0.00262. The first kappa shape index (κ1) is 13.8. The van der Waals surface area contributed by atoms with Crippen molar-refractivity contribution in [2.45, 2.75) is 4.90 Å². The first-order chi connectivity index (χ1) is 8.80. The van der Waals surface area contributed by atoms with Gasteiger partial charge in [-0.1, -0.05) is 11.6 Å². The van der Waals surface area contributed by atoms with Gasteiger partial charge in [0.1, 0.15) is 4.90 Å². The standard InChI is InChI=1S/C10H10ClN3O4S/c11-6-1-2-7(12)8(3-6)19(17,18)14-4-9(15)13-10(16)5-14/h1-3H,4-5,12H2,(H,13,15,16). The van der Waals surface area contributed by atoms with E-state index in [1.165, 1.54) is 18.2 Å². The average Bonchev–Trinajstić information content (AvgIpc) is 2.31. The molecular weight excluding hydrogens is 294 g/mol. The van der Waals surface area contributed by atoms with Crippen LogP contribution in [0.15, 0.2) is 23.1 Å². The number of nitrogens with two attached hydrogens (primary N) is 1. The van der Waals surface area contributed by atoms with Crippen LogP contribution in [0.4, 0.5) is 5.69 Å². The molecule has 2 amide bonds. The third-order valence-corrected chi connectivity index (χ3v) is 4.59. The lowest BCUT2D eigenvalue weighted by atomic mass is 10.3. The third kappa shape index (κ3) is 2.70. The normalized spacial score (nSPS) is 17.3. The number of anilines is 1. The Morgan fingerprint density at radius 3 is 2.37 bits per heavy atom. The number of rotatable bonds is 2. The molecule has 3 N–H and O–H groups in total. The van der Waals surface area contributed by atoms with Crippen LogP contribution in [0.3, 0.4) is 0 Å². The van der Waals surface area contributed by atoms with Gasteiger partial charge in [-0.05, 0) is 18.2 Å². The van der Waals surface area contributed by atoms with Gasteiger partial charge in [-0.3, -0.25) is 14.9 Å². The summed E-state index contributed by atoms with van der Waals surface area (Å²) in [6, 6.07) is 3.98. The number of carbonyl (C=O) groups is 2. The number of nitrogens with one attached hydrogen (secondary N) is 1. The highest BCUT2D eigenvalue weighted by atomic mass is 35.5. The van der Waals surface area contributed by atoms with Crippen LogP contribution >= 0.6 is 11.6 Å². The van der Waals surface area contributed by atoms with Gasteiger partial charge < -0.3 is 5.73 Å². The first-order valence-corrected chi connectivity index (χ1v) is 7.00. The summed E-state index contributed by atoms with van der Waals surface area (Å²) >= 11 is 5.73. The van der Waals surface area contributed by atoms with E-state index in [1.807, 2.05) is 5.32 Å². The molecule has 1 fully saturated rings. The second kappa shape index (κ2) is 4.80. The number of sulfonamides is 1. The van der Waals surface area contributed by atoms with Crippen molar-refractivity contribution in [1.82, 2.24) is 9.62 Å². The van der Waals surface area contributed by atoms with Crippen molar-refractivity contribution in [3.8, 4) is 0 Å². The number of hydrogen-bond acceptors (Lipinski definition) is 5. The zero-order valence-corrected chi connectivity index (χ0v) is 11.2. The van der Waals surface area contributed by atoms with Crippen LogP contribution in [0.25, 0.3) is 0 Å². The van der Waals surface area contributed by atoms with E-state index in [2.05, 4.69) is 0 Å². The second-order valence-electron chi connectivity index (χ2n) is 3.93. The van der Waals surface area contributed by atoms with Gasteiger partial charge in [0.15, 0.2) is 0 Å². The molecule has 0 radical (unpaired) electrons. The number of piperazine rings is 1. The van der Waals surface area contributed by atoms with Crippen LogP contribution in [0.2, 0.25) is 5.02 Å². The van der Waals surface area contributed by atoms with Gasteiger partial charge in [0.05, 0.1) is 18.8 Å². The van der Waals surface area contributed by atoms with Gasteiger partial charge in [-0.15, -0.1) is 0 Å². The Labute approximate surface area is 114 Å². The molecule has 0 aliphatic carbocycles. The molecule has 1 heterocycles. The predicted molar refractivity (Wildman–Crippen MR) is 67.8 cm³/mol. The van der Waals surface area contributed by atoms with Crippen molar-refractivity contribution in [3.63, 3.8) is 0 Å². The maximum absolute atomic E-state index is 12.3. The number of carbonyl (C=O) groups excluding carboxylic acids is 2. The highest BCUT2D eigenvalue weighted by Crippen LogP contribution is 2.26. The molecule has 9 heteroatoms. The molecule has 7 nitrogen and oxygen atoms in total. The molecule has 2 rings (SSSR count). The molecule has 1 aromatic carbocycles. The van der Waals surface area contributed by atoms with E-state index in [9.17, 15) is 18.0 Å². The Morgan fingerprint density at radius 1 is 1.21 bits per heavy atom. The van der Waals surface area contributed by atoms with E-state index in [1.54, 1.807) is 0 Å². The Hall–Kier alpha value is -1.64. The number of imide groups is 1. The van der Waals surface area contributed by atoms with E-state index in [-0.39, 0.29) is 15.6 Å². The Balaban J connectivity index is 2.44. The molecule has 0 atom stereocenters. The van der Waals surface area contributed by atoms with Crippen molar-refractivity contribution in [2.75, 3.05) is 18.8 Å². The summed E-state index contributed by atoms with van der Waals surface area (Å²) in [5.41, 5.74) is 5.60.